The number of aromatic nitrogens is 2. The molecule has 0 radical (unpaired) electrons. The summed E-state index contributed by atoms with van der Waals surface area (Å²) in [7, 11) is 0. The summed E-state index contributed by atoms with van der Waals surface area (Å²) in [6.45, 7) is 0. The molecule has 20 heavy (non-hydrogen) atoms. The number of H-pyrrole nitrogens is 2. The summed E-state index contributed by atoms with van der Waals surface area (Å²) in [5, 5.41) is 10.2. The molecule has 1 heterocycles. The van der Waals surface area contributed by atoms with E-state index in [0.717, 1.165) is 0 Å². The molecule has 0 aliphatic carbocycles. The van der Waals surface area contributed by atoms with Gasteiger partial charge in [0, 0.05) is 5.56 Å². The Hall–Kier alpha value is -2.11. The van der Waals surface area contributed by atoms with E-state index in [9.17, 15) is 14.3 Å². The molecule has 1 aromatic heterocycles. The zero-order chi connectivity index (χ0) is 14.3. The molecule has 0 amide bonds. The van der Waals surface area contributed by atoms with Gasteiger partial charge in [-0.1, -0.05) is 29.8 Å². The van der Waals surface area contributed by atoms with Crippen LogP contribution in [-0.4, -0.2) is 15.1 Å². The molecule has 1 atom stereocenters. The van der Waals surface area contributed by atoms with Crippen molar-refractivity contribution in [2.75, 3.05) is 0 Å². The zero-order valence-corrected chi connectivity index (χ0v) is 10.9. The van der Waals surface area contributed by atoms with Gasteiger partial charge in [-0.05, 0) is 23.8 Å². The third-order valence-electron chi connectivity index (χ3n) is 3.13. The van der Waals surface area contributed by atoms with Gasteiger partial charge in [-0.3, -0.25) is 0 Å². The van der Waals surface area contributed by atoms with Crippen LogP contribution < -0.4 is 5.69 Å². The van der Waals surface area contributed by atoms with E-state index in [1.807, 2.05) is 0 Å². The average Bonchev–Trinajstić information content (AvgIpc) is 2.80. The fraction of sp³-hybridized carbons (Fsp3) is 0.0714. The van der Waals surface area contributed by atoms with Crippen molar-refractivity contribution >= 4 is 22.6 Å². The number of hydrogen-bond donors (Lipinski definition) is 3. The molecular weight excluding hydrogens is 283 g/mol. The molecule has 3 N–H and O–H groups in total. The molecule has 3 aromatic rings. The maximum absolute atomic E-state index is 13.4. The molecule has 0 spiro atoms. The third kappa shape index (κ3) is 2.11. The van der Waals surface area contributed by atoms with Gasteiger partial charge in [0.1, 0.15) is 11.9 Å². The molecular formula is C14H10ClFN2O2. The first kappa shape index (κ1) is 12.9. The van der Waals surface area contributed by atoms with Gasteiger partial charge in [-0.15, -0.1) is 0 Å². The van der Waals surface area contributed by atoms with Gasteiger partial charge in [0.05, 0.1) is 16.1 Å². The van der Waals surface area contributed by atoms with E-state index in [1.165, 1.54) is 12.1 Å². The van der Waals surface area contributed by atoms with Gasteiger partial charge >= 0.3 is 5.69 Å². The van der Waals surface area contributed by atoms with Crippen molar-refractivity contribution < 1.29 is 9.50 Å². The Labute approximate surface area is 117 Å². The summed E-state index contributed by atoms with van der Waals surface area (Å²) in [4.78, 5) is 16.4. The second-order valence-electron chi connectivity index (χ2n) is 4.43. The van der Waals surface area contributed by atoms with Crippen LogP contribution in [0, 0.1) is 5.82 Å². The highest BCUT2D eigenvalue weighted by Crippen LogP contribution is 2.30. The predicted octanol–water partition coefficient (Wildman–Crippen LogP) is 2.73. The lowest BCUT2D eigenvalue weighted by Crippen LogP contribution is -2.01. The van der Waals surface area contributed by atoms with Gasteiger partial charge in [-0.25, -0.2) is 9.18 Å². The number of benzene rings is 2. The minimum atomic E-state index is -1.07. The minimum absolute atomic E-state index is 0.109. The highest BCUT2D eigenvalue weighted by Gasteiger charge is 2.17. The Balaban J connectivity index is 2.09. The van der Waals surface area contributed by atoms with Crippen LogP contribution in [0.4, 0.5) is 4.39 Å². The number of aromatic amines is 2. The first-order chi connectivity index (χ1) is 9.56. The van der Waals surface area contributed by atoms with E-state index in [2.05, 4.69) is 9.97 Å². The number of nitrogens with one attached hydrogen (secondary N) is 2. The Morgan fingerprint density at radius 2 is 1.90 bits per heavy atom. The normalized spacial score (nSPS) is 12.8. The molecule has 0 saturated carbocycles. The van der Waals surface area contributed by atoms with Crippen LogP contribution in [0.25, 0.3) is 11.0 Å². The van der Waals surface area contributed by atoms with Crippen molar-refractivity contribution in [3.8, 4) is 0 Å². The smallest absolute Gasteiger partial charge is 0.323 e. The number of aliphatic hydroxyl groups is 1. The van der Waals surface area contributed by atoms with E-state index in [-0.39, 0.29) is 16.3 Å². The first-order valence-electron chi connectivity index (χ1n) is 5.90. The number of hydrogen-bond acceptors (Lipinski definition) is 2. The summed E-state index contributed by atoms with van der Waals surface area (Å²) in [5.41, 5.74) is 1.68. The second kappa shape index (κ2) is 4.77. The second-order valence-corrected chi connectivity index (χ2v) is 4.81. The summed E-state index contributed by atoms with van der Waals surface area (Å²) in [5.74, 6) is -0.584. The van der Waals surface area contributed by atoms with Gasteiger partial charge in [0.2, 0.25) is 0 Å². The average molecular weight is 293 g/mol. The molecule has 3 rings (SSSR count). The molecule has 2 aromatic carbocycles. The number of imidazole rings is 1. The molecule has 0 bridgehead atoms. The summed E-state index contributed by atoms with van der Waals surface area (Å²) in [6.07, 6.45) is -1.07. The summed E-state index contributed by atoms with van der Waals surface area (Å²) >= 11 is 5.86. The first-order valence-corrected chi connectivity index (χ1v) is 6.28. The monoisotopic (exact) mass is 292 g/mol. The van der Waals surface area contributed by atoms with Gasteiger partial charge in [0.25, 0.3) is 0 Å². The van der Waals surface area contributed by atoms with Gasteiger partial charge in [0.15, 0.2) is 0 Å². The molecule has 0 fully saturated rings. The van der Waals surface area contributed by atoms with Crippen LogP contribution in [0.1, 0.15) is 17.2 Å². The molecule has 0 aliphatic heterocycles. The minimum Gasteiger partial charge on any atom is -0.384 e. The van der Waals surface area contributed by atoms with Crippen LogP contribution in [0.5, 0.6) is 0 Å². The van der Waals surface area contributed by atoms with Gasteiger partial charge < -0.3 is 15.1 Å². The Morgan fingerprint density at radius 1 is 1.15 bits per heavy atom. The highest BCUT2D eigenvalue weighted by atomic mass is 35.5. The van der Waals surface area contributed by atoms with E-state index in [4.69, 9.17) is 11.6 Å². The van der Waals surface area contributed by atoms with E-state index >= 15 is 0 Å². The molecule has 1 unspecified atom stereocenters. The van der Waals surface area contributed by atoms with Crippen molar-refractivity contribution in [1.82, 2.24) is 9.97 Å². The van der Waals surface area contributed by atoms with Crippen LogP contribution in [0.15, 0.2) is 41.2 Å². The maximum atomic E-state index is 13.4. The van der Waals surface area contributed by atoms with Crippen molar-refractivity contribution in [2.45, 2.75) is 6.10 Å². The van der Waals surface area contributed by atoms with Crippen molar-refractivity contribution in [1.29, 1.82) is 0 Å². The molecule has 4 nitrogen and oxygen atoms in total. The van der Waals surface area contributed by atoms with E-state index < -0.39 is 11.9 Å². The molecule has 0 saturated heterocycles. The van der Waals surface area contributed by atoms with Crippen molar-refractivity contribution in [2.24, 2.45) is 0 Å². The van der Waals surface area contributed by atoms with E-state index in [0.29, 0.717) is 16.6 Å². The number of rotatable bonds is 2. The third-order valence-corrected chi connectivity index (χ3v) is 3.53. The summed E-state index contributed by atoms with van der Waals surface area (Å²) in [6, 6.07) is 9.21. The van der Waals surface area contributed by atoms with Crippen LogP contribution >= 0.6 is 11.6 Å². The highest BCUT2D eigenvalue weighted by molar-refractivity contribution is 6.31. The lowest BCUT2D eigenvalue weighted by Gasteiger charge is -2.13. The lowest BCUT2D eigenvalue weighted by molar-refractivity contribution is 0.220. The molecule has 102 valence electrons. The fourth-order valence-corrected chi connectivity index (χ4v) is 2.36. The zero-order valence-electron chi connectivity index (χ0n) is 10.2. The molecule has 6 heteroatoms. The topological polar surface area (TPSA) is 68.9 Å². The number of fused-ring (bicyclic) bond motifs is 1. The Bertz CT molecular complexity index is 841. The maximum Gasteiger partial charge on any atom is 0.323 e. The van der Waals surface area contributed by atoms with Gasteiger partial charge in [-0.2, -0.15) is 0 Å². The van der Waals surface area contributed by atoms with Crippen molar-refractivity contribution in [3.63, 3.8) is 0 Å². The SMILES string of the molecule is O=c1[nH]c2ccc(C(O)c3cccc(F)c3Cl)cc2[nH]1. The Morgan fingerprint density at radius 3 is 2.70 bits per heavy atom. The lowest BCUT2D eigenvalue weighted by atomic mass is 10.0. The predicted molar refractivity (Wildman–Crippen MR) is 74.4 cm³/mol. The largest absolute Gasteiger partial charge is 0.384 e. The van der Waals surface area contributed by atoms with Crippen LogP contribution in [0.3, 0.4) is 0 Å². The molecule has 0 aliphatic rings. The standard InChI is InChI=1S/C14H10ClFN2O2/c15-12-8(2-1-3-9(12)16)13(19)7-4-5-10-11(6-7)18-14(20)17-10/h1-6,13,19H,(H2,17,18,20). The van der Waals surface area contributed by atoms with Crippen LogP contribution in [0.2, 0.25) is 5.02 Å². The Kier molecular flexibility index (Phi) is 3.08. The van der Waals surface area contributed by atoms with Crippen molar-refractivity contribution in [3.05, 3.63) is 68.8 Å². The van der Waals surface area contributed by atoms with E-state index in [1.54, 1.807) is 24.3 Å². The van der Waals surface area contributed by atoms with Crippen LogP contribution in [-0.2, 0) is 0 Å². The number of halogens is 2. The quantitative estimate of drug-likeness (QED) is 0.680. The number of aliphatic hydroxyl groups excluding tert-OH is 1. The summed E-state index contributed by atoms with van der Waals surface area (Å²) < 4.78 is 13.4. The fourth-order valence-electron chi connectivity index (χ4n) is 2.13.